The zero-order chi connectivity index (χ0) is 21.3. The summed E-state index contributed by atoms with van der Waals surface area (Å²) in [5.41, 5.74) is 2.30. The van der Waals surface area contributed by atoms with Crippen LogP contribution in [0.5, 0.6) is 0 Å². The Hall–Kier alpha value is -2.38. The van der Waals surface area contributed by atoms with E-state index in [0.717, 1.165) is 12.0 Å². The van der Waals surface area contributed by atoms with E-state index < -0.39 is 0 Å². The minimum absolute atomic E-state index is 0.0247. The Morgan fingerprint density at radius 2 is 2.03 bits per heavy atom. The van der Waals surface area contributed by atoms with E-state index in [1.54, 1.807) is 16.2 Å². The molecule has 0 saturated carbocycles. The number of rotatable bonds is 9. The lowest BCUT2D eigenvalue weighted by Crippen LogP contribution is -2.49. The van der Waals surface area contributed by atoms with E-state index in [9.17, 15) is 9.59 Å². The standard InChI is InChI=1S/C23H31N3O3S/c1-3-24-23(28)25(13-8-15-29-4-2)17-21(27)26-14-11-20-19(12-16-30-20)22(26)18-9-6-5-7-10-18/h5-7,9-10,12,16,22H,3-4,8,11,13-15,17H2,1-2H3,(H,24,28). The first-order valence-electron chi connectivity index (χ1n) is 10.7. The first-order valence-corrected chi connectivity index (χ1v) is 11.5. The topological polar surface area (TPSA) is 61.9 Å². The van der Waals surface area contributed by atoms with Crippen molar-refractivity contribution in [2.45, 2.75) is 32.7 Å². The van der Waals surface area contributed by atoms with E-state index in [4.69, 9.17) is 4.74 Å². The van der Waals surface area contributed by atoms with Gasteiger partial charge in [0.05, 0.1) is 6.04 Å². The molecule has 1 aliphatic rings. The monoisotopic (exact) mass is 429 g/mol. The minimum atomic E-state index is -0.202. The Bertz CT molecular complexity index is 824. The lowest BCUT2D eigenvalue weighted by Gasteiger charge is -2.37. The number of thiophene rings is 1. The van der Waals surface area contributed by atoms with Gasteiger partial charge < -0.3 is 19.9 Å². The molecule has 0 spiro atoms. The maximum atomic E-state index is 13.4. The summed E-state index contributed by atoms with van der Waals surface area (Å²) in [6.07, 6.45) is 1.56. The van der Waals surface area contributed by atoms with Crippen LogP contribution >= 0.6 is 11.3 Å². The number of nitrogens with zero attached hydrogens (tertiary/aromatic N) is 2. The molecule has 1 aromatic heterocycles. The second-order valence-corrected chi connectivity index (χ2v) is 8.26. The van der Waals surface area contributed by atoms with Crippen molar-refractivity contribution in [1.82, 2.24) is 15.1 Å². The summed E-state index contributed by atoms with van der Waals surface area (Å²) in [5, 5.41) is 4.93. The number of fused-ring (bicyclic) bond motifs is 1. The number of ether oxygens (including phenoxy) is 1. The first-order chi connectivity index (χ1) is 14.7. The van der Waals surface area contributed by atoms with Crippen molar-refractivity contribution in [3.05, 3.63) is 57.8 Å². The summed E-state index contributed by atoms with van der Waals surface area (Å²) in [7, 11) is 0. The van der Waals surface area contributed by atoms with E-state index in [1.165, 1.54) is 10.4 Å². The normalized spacial score (nSPS) is 15.5. The molecule has 1 aliphatic heterocycles. The molecule has 0 bridgehead atoms. The van der Waals surface area contributed by atoms with E-state index in [-0.39, 0.29) is 24.5 Å². The Morgan fingerprint density at radius 1 is 1.23 bits per heavy atom. The second-order valence-electron chi connectivity index (χ2n) is 7.26. The molecule has 1 unspecified atom stereocenters. The zero-order valence-electron chi connectivity index (χ0n) is 17.8. The summed E-state index contributed by atoms with van der Waals surface area (Å²) in [6, 6.07) is 12.0. The van der Waals surface area contributed by atoms with Crippen LogP contribution < -0.4 is 5.32 Å². The van der Waals surface area contributed by atoms with Gasteiger partial charge in [-0.05, 0) is 49.3 Å². The van der Waals surface area contributed by atoms with Gasteiger partial charge in [0.15, 0.2) is 0 Å². The fourth-order valence-electron chi connectivity index (χ4n) is 3.85. The smallest absolute Gasteiger partial charge is 0.317 e. The molecule has 6 nitrogen and oxygen atoms in total. The van der Waals surface area contributed by atoms with Crippen molar-refractivity contribution in [3.8, 4) is 0 Å². The van der Waals surface area contributed by atoms with Crippen LogP contribution in [0.1, 0.15) is 42.3 Å². The van der Waals surface area contributed by atoms with Crippen molar-refractivity contribution in [3.63, 3.8) is 0 Å². The molecule has 0 saturated heterocycles. The van der Waals surface area contributed by atoms with Gasteiger partial charge in [-0.1, -0.05) is 30.3 Å². The van der Waals surface area contributed by atoms with E-state index >= 15 is 0 Å². The summed E-state index contributed by atoms with van der Waals surface area (Å²) >= 11 is 1.75. The highest BCUT2D eigenvalue weighted by Crippen LogP contribution is 2.37. The molecule has 30 heavy (non-hydrogen) atoms. The third-order valence-corrected chi connectivity index (χ3v) is 6.26. The van der Waals surface area contributed by atoms with Crippen molar-refractivity contribution < 1.29 is 14.3 Å². The first kappa shape index (κ1) is 22.3. The fourth-order valence-corrected chi connectivity index (χ4v) is 4.76. The second kappa shape index (κ2) is 11.1. The largest absolute Gasteiger partial charge is 0.382 e. The SMILES string of the molecule is CCNC(=O)N(CCCOCC)CC(=O)N1CCc2sccc2C1c1ccccc1. The average molecular weight is 430 g/mol. The molecule has 1 aromatic carbocycles. The van der Waals surface area contributed by atoms with Gasteiger partial charge in [-0.15, -0.1) is 11.3 Å². The predicted molar refractivity (Wildman–Crippen MR) is 120 cm³/mol. The van der Waals surface area contributed by atoms with Crippen LogP contribution in [-0.4, -0.2) is 61.1 Å². The van der Waals surface area contributed by atoms with Gasteiger partial charge in [0, 0.05) is 37.7 Å². The Labute approximate surface area is 182 Å². The summed E-state index contributed by atoms with van der Waals surface area (Å²) in [4.78, 5) is 30.8. The van der Waals surface area contributed by atoms with Gasteiger partial charge in [0.25, 0.3) is 0 Å². The van der Waals surface area contributed by atoms with Gasteiger partial charge >= 0.3 is 6.03 Å². The van der Waals surface area contributed by atoms with E-state index in [2.05, 4.69) is 28.9 Å². The number of carbonyl (C=O) groups excluding carboxylic acids is 2. The number of hydrogen-bond donors (Lipinski definition) is 1. The molecular weight excluding hydrogens is 398 g/mol. The molecule has 0 radical (unpaired) electrons. The van der Waals surface area contributed by atoms with Crippen molar-refractivity contribution in [2.24, 2.45) is 0 Å². The molecule has 162 valence electrons. The molecule has 3 rings (SSSR count). The van der Waals surface area contributed by atoms with Gasteiger partial charge in [-0.25, -0.2) is 4.79 Å². The minimum Gasteiger partial charge on any atom is -0.382 e. The predicted octanol–water partition coefficient (Wildman–Crippen LogP) is 3.68. The lowest BCUT2D eigenvalue weighted by molar-refractivity contribution is -0.134. The molecule has 1 N–H and O–H groups in total. The highest BCUT2D eigenvalue weighted by atomic mass is 32.1. The van der Waals surface area contributed by atoms with Gasteiger partial charge in [0.2, 0.25) is 5.91 Å². The number of carbonyl (C=O) groups is 2. The fraction of sp³-hybridized carbons (Fsp3) is 0.478. The van der Waals surface area contributed by atoms with Gasteiger partial charge in [-0.3, -0.25) is 4.79 Å². The Kier molecular flexibility index (Phi) is 8.28. The molecular formula is C23H31N3O3S. The molecule has 3 amide bonds. The van der Waals surface area contributed by atoms with Gasteiger partial charge in [-0.2, -0.15) is 0 Å². The molecule has 0 fully saturated rings. The van der Waals surface area contributed by atoms with Gasteiger partial charge in [0.1, 0.15) is 6.54 Å². The number of amides is 3. The zero-order valence-corrected chi connectivity index (χ0v) is 18.6. The van der Waals surface area contributed by atoms with Crippen LogP contribution in [0.3, 0.4) is 0 Å². The summed E-state index contributed by atoms with van der Waals surface area (Å²) in [5.74, 6) is -0.0247. The van der Waals surface area contributed by atoms with Crippen LogP contribution in [-0.2, 0) is 16.0 Å². The third kappa shape index (κ3) is 5.40. The van der Waals surface area contributed by atoms with Crippen molar-refractivity contribution in [1.29, 1.82) is 0 Å². The van der Waals surface area contributed by atoms with Crippen LogP contribution in [0.25, 0.3) is 0 Å². The van der Waals surface area contributed by atoms with E-state index in [0.29, 0.717) is 39.3 Å². The highest BCUT2D eigenvalue weighted by molar-refractivity contribution is 7.10. The number of nitrogens with one attached hydrogen (secondary N) is 1. The molecule has 2 heterocycles. The quantitative estimate of drug-likeness (QED) is 0.619. The van der Waals surface area contributed by atoms with Crippen molar-refractivity contribution in [2.75, 3.05) is 39.4 Å². The molecule has 1 atom stereocenters. The lowest BCUT2D eigenvalue weighted by atomic mass is 9.93. The third-order valence-electron chi connectivity index (χ3n) is 5.26. The number of hydrogen-bond acceptors (Lipinski definition) is 4. The molecule has 7 heteroatoms. The summed E-state index contributed by atoms with van der Waals surface area (Å²) in [6.45, 7) is 6.81. The maximum absolute atomic E-state index is 13.4. The number of urea groups is 1. The van der Waals surface area contributed by atoms with Crippen LogP contribution in [0.15, 0.2) is 41.8 Å². The van der Waals surface area contributed by atoms with Crippen molar-refractivity contribution >= 4 is 23.3 Å². The average Bonchev–Trinajstić information content (AvgIpc) is 3.24. The van der Waals surface area contributed by atoms with Crippen LogP contribution in [0.4, 0.5) is 4.79 Å². The Morgan fingerprint density at radius 3 is 2.77 bits per heavy atom. The molecule has 2 aromatic rings. The van der Waals surface area contributed by atoms with Crippen LogP contribution in [0, 0.1) is 0 Å². The highest BCUT2D eigenvalue weighted by Gasteiger charge is 2.33. The number of benzene rings is 1. The molecule has 0 aliphatic carbocycles. The maximum Gasteiger partial charge on any atom is 0.317 e. The van der Waals surface area contributed by atoms with Crippen LogP contribution in [0.2, 0.25) is 0 Å². The van der Waals surface area contributed by atoms with E-state index in [1.807, 2.05) is 36.9 Å². The Balaban J connectivity index is 1.77. The summed E-state index contributed by atoms with van der Waals surface area (Å²) < 4.78 is 5.40.